The average Bonchev–Trinajstić information content (AvgIpc) is 3.30. The molecule has 1 aliphatic rings. The lowest BCUT2D eigenvalue weighted by Crippen LogP contribution is -2.25. The van der Waals surface area contributed by atoms with E-state index in [9.17, 15) is 0 Å². The zero-order chi connectivity index (χ0) is 29.3. The molecule has 0 unspecified atom stereocenters. The Bertz CT molecular complexity index is 1230. The Morgan fingerprint density at radius 1 is 0.390 bits per heavy atom. The minimum Gasteiger partial charge on any atom is -0.0563 e. The van der Waals surface area contributed by atoms with Gasteiger partial charge in [-0.3, -0.25) is 0 Å². The van der Waals surface area contributed by atoms with E-state index in [0.29, 0.717) is 0 Å². The Labute approximate surface area is 252 Å². The van der Waals surface area contributed by atoms with E-state index in [1.165, 1.54) is 76.1 Å². The lowest BCUT2D eigenvalue weighted by Gasteiger charge is -2.30. The molecule has 41 heavy (non-hydrogen) atoms. The molecule has 214 valence electrons. The van der Waals surface area contributed by atoms with Crippen molar-refractivity contribution in [1.82, 2.24) is 0 Å². The van der Waals surface area contributed by atoms with Crippen LogP contribution in [0.5, 0.6) is 0 Å². The van der Waals surface area contributed by atoms with Gasteiger partial charge in [-0.25, -0.2) is 0 Å². The molecule has 0 aliphatic heterocycles. The van der Waals surface area contributed by atoms with E-state index in [1.54, 1.807) is 21.2 Å². The maximum Gasteiger partial charge on any atom is -0.0190 e. The summed E-state index contributed by atoms with van der Waals surface area (Å²) in [6, 6.07) is 29.2. The molecule has 0 nitrogen and oxygen atoms in total. The molecule has 4 aromatic rings. The molecule has 0 heterocycles. The molecule has 5 rings (SSSR count). The van der Waals surface area contributed by atoms with Crippen molar-refractivity contribution < 1.29 is 0 Å². The summed E-state index contributed by atoms with van der Waals surface area (Å²) >= 11 is 0. The second-order valence-corrected chi connectivity index (χ2v) is 17.6. The van der Waals surface area contributed by atoms with Gasteiger partial charge in [-0.2, -0.15) is 0 Å². The second-order valence-electron chi connectivity index (χ2n) is 13.1. The molecule has 2 atom stereocenters. The molecule has 0 spiro atoms. The van der Waals surface area contributed by atoms with Gasteiger partial charge in [0.15, 0.2) is 0 Å². The molecule has 1 aliphatic carbocycles. The standard InChI is InChI=1S/C39H48P2/c1-26-12-27(2)17-36(16-26)40(37-18-28(3)13-29(4)19-37)24-34-10-9-11-35(34)25-41(38-20-30(5)14-31(6)21-38)39-22-32(7)15-33(8)23-39/h12-23,34-35H,9-11,24-25H2,1-8H3/t34-,35-/m1/s1. The van der Waals surface area contributed by atoms with Crippen molar-refractivity contribution in [3.8, 4) is 0 Å². The summed E-state index contributed by atoms with van der Waals surface area (Å²) in [7, 11) is -0.800. The van der Waals surface area contributed by atoms with Crippen LogP contribution in [0.4, 0.5) is 0 Å². The summed E-state index contributed by atoms with van der Waals surface area (Å²) in [6.07, 6.45) is 6.76. The van der Waals surface area contributed by atoms with Gasteiger partial charge >= 0.3 is 0 Å². The van der Waals surface area contributed by atoms with E-state index < -0.39 is 15.8 Å². The van der Waals surface area contributed by atoms with Gasteiger partial charge in [-0.15, -0.1) is 0 Å². The first kappa shape index (κ1) is 30.2. The topological polar surface area (TPSA) is 0 Å². The van der Waals surface area contributed by atoms with Crippen LogP contribution >= 0.6 is 15.8 Å². The maximum atomic E-state index is 2.48. The van der Waals surface area contributed by atoms with Crippen molar-refractivity contribution in [2.75, 3.05) is 12.3 Å². The highest BCUT2D eigenvalue weighted by molar-refractivity contribution is 7.73. The van der Waals surface area contributed by atoms with Gasteiger partial charge in [0, 0.05) is 0 Å². The third-order valence-corrected chi connectivity index (χ3v) is 13.9. The molecule has 2 heteroatoms. The van der Waals surface area contributed by atoms with E-state index in [-0.39, 0.29) is 0 Å². The average molecular weight is 579 g/mol. The summed E-state index contributed by atoms with van der Waals surface area (Å²) in [6.45, 7) is 18.1. The monoisotopic (exact) mass is 578 g/mol. The molecule has 0 aromatic heterocycles. The molecule has 4 aromatic carbocycles. The fourth-order valence-electron chi connectivity index (χ4n) is 7.21. The number of rotatable bonds is 8. The fraction of sp³-hybridized carbons (Fsp3) is 0.385. The summed E-state index contributed by atoms with van der Waals surface area (Å²) in [5, 5.41) is 6.27. The van der Waals surface area contributed by atoms with Crippen LogP contribution in [0.25, 0.3) is 0 Å². The largest absolute Gasteiger partial charge is 0.0563 e. The molecule has 1 fully saturated rings. The number of hydrogen-bond donors (Lipinski definition) is 0. The van der Waals surface area contributed by atoms with Crippen LogP contribution in [0, 0.1) is 67.2 Å². The van der Waals surface area contributed by atoms with Crippen LogP contribution in [-0.2, 0) is 0 Å². The molecular formula is C39H48P2. The van der Waals surface area contributed by atoms with Crippen LogP contribution in [0.2, 0.25) is 0 Å². The third kappa shape index (κ3) is 7.58. The van der Waals surface area contributed by atoms with Gasteiger partial charge in [-0.05, 0) is 129 Å². The molecule has 0 N–H and O–H groups in total. The highest BCUT2D eigenvalue weighted by atomic mass is 31.1. The van der Waals surface area contributed by atoms with Crippen molar-refractivity contribution in [3.05, 3.63) is 117 Å². The van der Waals surface area contributed by atoms with Crippen molar-refractivity contribution in [3.63, 3.8) is 0 Å². The molecule has 0 amide bonds. The van der Waals surface area contributed by atoms with Gasteiger partial charge in [0.05, 0.1) is 0 Å². The van der Waals surface area contributed by atoms with Gasteiger partial charge in [0.2, 0.25) is 0 Å². The second kappa shape index (κ2) is 12.9. The SMILES string of the molecule is Cc1cc(C)cc(P(C[C@H]2CCC[C@@H]2CP(c2cc(C)cc(C)c2)c2cc(C)cc(C)c2)c2cc(C)cc(C)c2)c1. The predicted molar refractivity (Wildman–Crippen MR) is 187 cm³/mol. The van der Waals surface area contributed by atoms with Crippen LogP contribution in [0.1, 0.15) is 63.8 Å². The third-order valence-electron chi connectivity index (χ3n) is 8.72. The minimum atomic E-state index is -0.400. The van der Waals surface area contributed by atoms with E-state index in [0.717, 1.165) is 11.8 Å². The van der Waals surface area contributed by atoms with Gasteiger partial charge in [0.1, 0.15) is 0 Å². The summed E-state index contributed by atoms with van der Waals surface area (Å²) in [5.74, 6) is 1.56. The van der Waals surface area contributed by atoms with Crippen molar-refractivity contribution in [2.45, 2.75) is 74.7 Å². The lowest BCUT2D eigenvalue weighted by atomic mass is 10.0. The highest BCUT2D eigenvalue weighted by Crippen LogP contribution is 2.48. The zero-order valence-electron chi connectivity index (χ0n) is 26.5. The quantitative estimate of drug-likeness (QED) is 0.183. The maximum absolute atomic E-state index is 2.48. The number of aryl methyl sites for hydroxylation is 8. The van der Waals surface area contributed by atoms with Gasteiger partial charge in [0.25, 0.3) is 0 Å². The first-order chi connectivity index (χ1) is 19.5. The summed E-state index contributed by atoms with van der Waals surface area (Å²) in [4.78, 5) is 0. The van der Waals surface area contributed by atoms with Gasteiger partial charge < -0.3 is 0 Å². The Hall–Kier alpha value is -2.26. The Kier molecular flexibility index (Phi) is 9.53. The van der Waals surface area contributed by atoms with Crippen LogP contribution < -0.4 is 21.2 Å². The first-order valence-electron chi connectivity index (χ1n) is 15.4. The van der Waals surface area contributed by atoms with E-state index in [4.69, 9.17) is 0 Å². The number of hydrogen-bond acceptors (Lipinski definition) is 0. The van der Waals surface area contributed by atoms with Crippen molar-refractivity contribution >= 4 is 37.1 Å². The Balaban J connectivity index is 1.51. The Morgan fingerprint density at radius 3 is 0.829 bits per heavy atom. The molecular weight excluding hydrogens is 530 g/mol. The predicted octanol–water partition coefficient (Wildman–Crippen LogP) is 9.14. The van der Waals surface area contributed by atoms with E-state index in [2.05, 4.69) is 128 Å². The van der Waals surface area contributed by atoms with Crippen molar-refractivity contribution in [1.29, 1.82) is 0 Å². The first-order valence-corrected chi connectivity index (χ1v) is 18.5. The van der Waals surface area contributed by atoms with Gasteiger partial charge in [-0.1, -0.05) is 124 Å². The van der Waals surface area contributed by atoms with E-state index in [1.807, 2.05) is 0 Å². The van der Waals surface area contributed by atoms with Crippen LogP contribution in [-0.4, -0.2) is 12.3 Å². The zero-order valence-corrected chi connectivity index (χ0v) is 28.3. The highest BCUT2D eigenvalue weighted by Gasteiger charge is 2.33. The molecule has 0 radical (unpaired) electrons. The normalized spacial score (nSPS) is 17.1. The summed E-state index contributed by atoms with van der Waals surface area (Å²) < 4.78 is 0. The van der Waals surface area contributed by atoms with Crippen LogP contribution in [0.3, 0.4) is 0 Å². The van der Waals surface area contributed by atoms with Crippen LogP contribution in [0.15, 0.2) is 72.8 Å². The minimum absolute atomic E-state index is 0.400. The smallest absolute Gasteiger partial charge is 0.0190 e. The number of benzene rings is 4. The lowest BCUT2D eigenvalue weighted by molar-refractivity contribution is 0.469. The Morgan fingerprint density at radius 2 is 0.610 bits per heavy atom. The van der Waals surface area contributed by atoms with E-state index >= 15 is 0 Å². The molecule has 0 bridgehead atoms. The molecule has 1 saturated carbocycles. The molecule has 0 saturated heterocycles. The summed E-state index contributed by atoms with van der Waals surface area (Å²) in [5.41, 5.74) is 11.2. The fourth-order valence-corrected chi connectivity index (χ4v) is 13.4. The van der Waals surface area contributed by atoms with Crippen molar-refractivity contribution in [2.24, 2.45) is 11.8 Å².